The summed E-state index contributed by atoms with van der Waals surface area (Å²) in [5, 5.41) is 3.21. The highest BCUT2D eigenvalue weighted by Crippen LogP contribution is 2.33. The van der Waals surface area contributed by atoms with Crippen LogP contribution >= 0.6 is 0 Å². The molecule has 0 radical (unpaired) electrons. The van der Waals surface area contributed by atoms with Crippen molar-refractivity contribution in [3.05, 3.63) is 36.2 Å². The molecule has 0 spiro atoms. The summed E-state index contributed by atoms with van der Waals surface area (Å²) < 4.78 is 0. The molecule has 3 nitrogen and oxygen atoms in total. The summed E-state index contributed by atoms with van der Waals surface area (Å²) in [5.41, 5.74) is 3.66. The van der Waals surface area contributed by atoms with Crippen molar-refractivity contribution >= 4 is 5.69 Å². The molecule has 1 aromatic rings. The van der Waals surface area contributed by atoms with Crippen molar-refractivity contribution in [1.29, 1.82) is 0 Å². The lowest BCUT2D eigenvalue weighted by molar-refractivity contribution is 0.787. The summed E-state index contributed by atoms with van der Waals surface area (Å²) in [5.74, 6) is 0. The van der Waals surface area contributed by atoms with Crippen LogP contribution in [-0.2, 0) is 6.54 Å². The van der Waals surface area contributed by atoms with Gasteiger partial charge in [0, 0.05) is 42.3 Å². The molecule has 0 aromatic carbocycles. The average Bonchev–Trinajstić information content (AvgIpc) is 3.13. The molecule has 0 atom stereocenters. The van der Waals surface area contributed by atoms with E-state index in [2.05, 4.69) is 27.8 Å². The summed E-state index contributed by atoms with van der Waals surface area (Å²) in [6.45, 7) is 7.69. The van der Waals surface area contributed by atoms with Gasteiger partial charge in [0.05, 0.1) is 0 Å². The first-order valence-corrected chi connectivity index (χ1v) is 6.24. The van der Waals surface area contributed by atoms with E-state index in [0.29, 0.717) is 6.04 Å². The van der Waals surface area contributed by atoms with E-state index in [0.717, 1.165) is 18.8 Å². The number of hydrogen-bond acceptors (Lipinski definition) is 3. The lowest BCUT2D eigenvalue weighted by Crippen LogP contribution is -2.27. The van der Waals surface area contributed by atoms with Gasteiger partial charge in [-0.1, -0.05) is 6.08 Å². The Kier molecular flexibility index (Phi) is 3.79. The molecule has 17 heavy (non-hydrogen) atoms. The average molecular weight is 231 g/mol. The molecule has 1 heterocycles. The van der Waals surface area contributed by atoms with Crippen molar-refractivity contribution in [2.24, 2.45) is 0 Å². The molecule has 1 saturated carbocycles. The number of anilines is 1. The molecule has 3 heteroatoms. The molecular formula is C14H21N3. The lowest BCUT2D eigenvalue weighted by atomic mass is 10.1. The molecule has 1 fully saturated rings. The first-order valence-electron chi connectivity index (χ1n) is 6.24. The zero-order chi connectivity index (χ0) is 12.3. The van der Waals surface area contributed by atoms with Gasteiger partial charge in [-0.05, 0) is 32.9 Å². The van der Waals surface area contributed by atoms with Crippen molar-refractivity contribution in [1.82, 2.24) is 10.3 Å². The van der Waals surface area contributed by atoms with Crippen LogP contribution in [0.2, 0.25) is 0 Å². The van der Waals surface area contributed by atoms with E-state index < -0.39 is 0 Å². The van der Waals surface area contributed by atoms with E-state index in [1.54, 1.807) is 0 Å². The van der Waals surface area contributed by atoms with Gasteiger partial charge in [-0.2, -0.15) is 0 Å². The summed E-state index contributed by atoms with van der Waals surface area (Å²) in [7, 11) is 1.97. The van der Waals surface area contributed by atoms with Gasteiger partial charge in [0.2, 0.25) is 0 Å². The monoisotopic (exact) mass is 231 g/mol. The van der Waals surface area contributed by atoms with Gasteiger partial charge in [-0.25, -0.2) is 0 Å². The molecule has 0 unspecified atom stereocenters. The zero-order valence-corrected chi connectivity index (χ0v) is 10.7. The van der Waals surface area contributed by atoms with Crippen molar-refractivity contribution in [2.75, 3.05) is 18.5 Å². The highest BCUT2D eigenvalue weighted by molar-refractivity contribution is 5.55. The van der Waals surface area contributed by atoms with Crippen LogP contribution in [-0.4, -0.2) is 24.6 Å². The Bertz CT molecular complexity index is 396. The maximum absolute atomic E-state index is 4.39. The summed E-state index contributed by atoms with van der Waals surface area (Å²) in [4.78, 5) is 6.84. The zero-order valence-electron chi connectivity index (χ0n) is 10.7. The second-order valence-corrected chi connectivity index (χ2v) is 4.66. The number of nitrogens with zero attached hydrogens (tertiary/aromatic N) is 2. The SMILES string of the molecule is C=CCN(c1cc(C)ncc1CNC)C1CC1. The number of nitrogens with one attached hydrogen (secondary N) is 1. The summed E-state index contributed by atoms with van der Waals surface area (Å²) in [6, 6.07) is 2.89. The Hall–Kier alpha value is -1.35. The third-order valence-electron chi connectivity index (χ3n) is 3.09. The van der Waals surface area contributed by atoms with Gasteiger partial charge in [-0.15, -0.1) is 6.58 Å². The summed E-state index contributed by atoms with van der Waals surface area (Å²) in [6.07, 6.45) is 6.57. The van der Waals surface area contributed by atoms with Crippen molar-refractivity contribution in [2.45, 2.75) is 32.4 Å². The fourth-order valence-electron chi connectivity index (χ4n) is 2.14. The van der Waals surface area contributed by atoms with E-state index in [4.69, 9.17) is 0 Å². The second-order valence-electron chi connectivity index (χ2n) is 4.66. The second kappa shape index (κ2) is 5.32. The molecule has 0 saturated heterocycles. The van der Waals surface area contributed by atoms with Gasteiger partial charge in [-0.3, -0.25) is 4.98 Å². The van der Waals surface area contributed by atoms with Gasteiger partial charge in [0.25, 0.3) is 0 Å². The van der Waals surface area contributed by atoms with Crippen molar-refractivity contribution in [3.63, 3.8) is 0 Å². The van der Waals surface area contributed by atoms with Gasteiger partial charge < -0.3 is 10.2 Å². The molecule has 92 valence electrons. The number of aryl methyl sites for hydroxylation is 1. The van der Waals surface area contributed by atoms with Crippen LogP contribution in [0.1, 0.15) is 24.1 Å². The highest BCUT2D eigenvalue weighted by Gasteiger charge is 2.29. The number of pyridine rings is 1. The quantitative estimate of drug-likeness (QED) is 0.761. The largest absolute Gasteiger partial charge is 0.364 e. The van der Waals surface area contributed by atoms with Crippen LogP contribution in [0.15, 0.2) is 24.9 Å². The van der Waals surface area contributed by atoms with Crippen LogP contribution in [0.4, 0.5) is 5.69 Å². The van der Waals surface area contributed by atoms with E-state index >= 15 is 0 Å². The molecule has 1 aromatic heterocycles. The van der Waals surface area contributed by atoms with E-state index in [1.165, 1.54) is 24.1 Å². The van der Waals surface area contributed by atoms with E-state index in [9.17, 15) is 0 Å². The molecule has 0 aliphatic heterocycles. The minimum atomic E-state index is 0.699. The fourth-order valence-corrected chi connectivity index (χ4v) is 2.14. The topological polar surface area (TPSA) is 28.2 Å². The normalized spacial score (nSPS) is 14.7. The number of hydrogen-bond donors (Lipinski definition) is 1. The highest BCUT2D eigenvalue weighted by atomic mass is 15.2. The predicted octanol–water partition coefficient (Wildman–Crippen LogP) is 2.26. The third kappa shape index (κ3) is 2.86. The Labute approximate surface area is 104 Å². The molecule has 1 N–H and O–H groups in total. The Balaban J connectivity index is 2.31. The van der Waals surface area contributed by atoms with Gasteiger partial charge in [0.15, 0.2) is 0 Å². The standard InChI is InChI=1S/C14H21N3/c1-4-7-17(13-5-6-13)14-8-11(2)16-10-12(14)9-15-3/h4,8,10,13,15H,1,5-7,9H2,2-3H3. The lowest BCUT2D eigenvalue weighted by Gasteiger charge is -2.26. The first kappa shape index (κ1) is 12.1. The third-order valence-corrected chi connectivity index (χ3v) is 3.09. The Morgan fingerprint density at radius 3 is 2.94 bits per heavy atom. The van der Waals surface area contributed by atoms with Crippen LogP contribution < -0.4 is 10.2 Å². The van der Waals surface area contributed by atoms with E-state index in [1.807, 2.05) is 26.2 Å². The van der Waals surface area contributed by atoms with Gasteiger partial charge in [0.1, 0.15) is 0 Å². The Morgan fingerprint density at radius 2 is 2.35 bits per heavy atom. The molecule has 0 bridgehead atoms. The predicted molar refractivity (Wildman–Crippen MR) is 72.3 cm³/mol. The smallest absolute Gasteiger partial charge is 0.0450 e. The maximum atomic E-state index is 4.39. The summed E-state index contributed by atoms with van der Waals surface area (Å²) >= 11 is 0. The minimum absolute atomic E-state index is 0.699. The number of rotatable bonds is 6. The van der Waals surface area contributed by atoms with Crippen molar-refractivity contribution in [3.8, 4) is 0 Å². The molecular weight excluding hydrogens is 210 g/mol. The molecule has 0 amide bonds. The van der Waals surface area contributed by atoms with Crippen LogP contribution in [0, 0.1) is 6.92 Å². The Morgan fingerprint density at radius 1 is 1.59 bits per heavy atom. The maximum Gasteiger partial charge on any atom is 0.0450 e. The van der Waals surface area contributed by atoms with Crippen molar-refractivity contribution < 1.29 is 0 Å². The van der Waals surface area contributed by atoms with Crippen LogP contribution in [0.3, 0.4) is 0 Å². The molecule has 2 rings (SSSR count). The van der Waals surface area contributed by atoms with Gasteiger partial charge >= 0.3 is 0 Å². The fraction of sp³-hybridized carbons (Fsp3) is 0.500. The first-order chi connectivity index (χ1) is 8.26. The number of aromatic nitrogens is 1. The van der Waals surface area contributed by atoms with Crippen LogP contribution in [0.5, 0.6) is 0 Å². The molecule has 1 aliphatic carbocycles. The van der Waals surface area contributed by atoms with Crippen LogP contribution in [0.25, 0.3) is 0 Å². The molecule has 1 aliphatic rings. The van der Waals surface area contributed by atoms with E-state index in [-0.39, 0.29) is 0 Å². The minimum Gasteiger partial charge on any atom is -0.364 e.